The molecule has 0 heterocycles. The SMILES string of the molecule is Cc1cc(C(=O)NCCC#N)ccc1[N+](=O)[O-]. The highest BCUT2D eigenvalue weighted by molar-refractivity contribution is 5.94. The zero-order chi connectivity index (χ0) is 12.8. The van der Waals surface area contributed by atoms with Gasteiger partial charge in [0, 0.05) is 23.7 Å². The van der Waals surface area contributed by atoms with E-state index in [9.17, 15) is 14.9 Å². The van der Waals surface area contributed by atoms with E-state index in [4.69, 9.17) is 5.26 Å². The van der Waals surface area contributed by atoms with Gasteiger partial charge in [0.2, 0.25) is 0 Å². The number of hydrogen-bond donors (Lipinski definition) is 1. The summed E-state index contributed by atoms with van der Waals surface area (Å²) in [6.07, 6.45) is 0.234. The fraction of sp³-hybridized carbons (Fsp3) is 0.273. The van der Waals surface area contributed by atoms with Crippen molar-refractivity contribution in [3.63, 3.8) is 0 Å². The van der Waals surface area contributed by atoms with Crippen molar-refractivity contribution in [3.05, 3.63) is 39.4 Å². The van der Waals surface area contributed by atoms with E-state index in [-0.39, 0.29) is 24.6 Å². The van der Waals surface area contributed by atoms with E-state index >= 15 is 0 Å². The van der Waals surface area contributed by atoms with Gasteiger partial charge in [0.1, 0.15) is 0 Å². The third-order valence-corrected chi connectivity index (χ3v) is 2.18. The first-order chi connectivity index (χ1) is 8.06. The molecule has 0 saturated carbocycles. The summed E-state index contributed by atoms with van der Waals surface area (Å²) < 4.78 is 0. The Labute approximate surface area is 98.0 Å². The van der Waals surface area contributed by atoms with E-state index in [2.05, 4.69) is 5.32 Å². The maximum absolute atomic E-state index is 11.6. The van der Waals surface area contributed by atoms with Gasteiger partial charge in [-0.25, -0.2) is 0 Å². The maximum atomic E-state index is 11.6. The molecule has 0 atom stereocenters. The highest BCUT2D eigenvalue weighted by atomic mass is 16.6. The lowest BCUT2D eigenvalue weighted by Crippen LogP contribution is -2.24. The standard InChI is InChI=1S/C11H11N3O3/c1-8-7-9(3-4-10(8)14(16)17)11(15)13-6-2-5-12/h3-4,7H,2,6H2,1H3,(H,13,15). The molecule has 6 nitrogen and oxygen atoms in total. The van der Waals surface area contributed by atoms with Gasteiger partial charge < -0.3 is 5.32 Å². The molecule has 1 rings (SSSR count). The summed E-state index contributed by atoms with van der Waals surface area (Å²) in [5.74, 6) is -0.335. The summed E-state index contributed by atoms with van der Waals surface area (Å²) in [6.45, 7) is 1.84. The molecule has 0 unspecified atom stereocenters. The van der Waals surface area contributed by atoms with Crippen LogP contribution in [0.5, 0.6) is 0 Å². The molecule has 0 aromatic heterocycles. The number of nitrogens with zero attached hydrogens (tertiary/aromatic N) is 2. The van der Waals surface area contributed by atoms with Crippen LogP contribution < -0.4 is 5.32 Å². The largest absolute Gasteiger partial charge is 0.351 e. The van der Waals surface area contributed by atoms with E-state index in [1.807, 2.05) is 6.07 Å². The number of amides is 1. The van der Waals surface area contributed by atoms with Crippen molar-refractivity contribution in [2.24, 2.45) is 0 Å². The van der Waals surface area contributed by atoms with Crippen molar-refractivity contribution in [3.8, 4) is 6.07 Å². The van der Waals surface area contributed by atoms with Crippen molar-refractivity contribution < 1.29 is 9.72 Å². The number of nitro groups is 1. The highest BCUT2D eigenvalue weighted by Gasteiger charge is 2.13. The summed E-state index contributed by atoms with van der Waals surface area (Å²) in [5, 5.41) is 21.4. The number of benzene rings is 1. The van der Waals surface area contributed by atoms with Gasteiger partial charge in [-0.05, 0) is 19.1 Å². The molecule has 0 aliphatic rings. The Morgan fingerprint density at radius 1 is 1.59 bits per heavy atom. The normalized spacial score (nSPS) is 9.41. The Hall–Kier alpha value is -2.42. The minimum absolute atomic E-state index is 0.0152. The number of nitrogens with one attached hydrogen (secondary N) is 1. The van der Waals surface area contributed by atoms with E-state index in [1.165, 1.54) is 18.2 Å². The molecule has 0 radical (unpaired) electrons. The van der Waals surface area contributed by atoms with Crippen LogP contribution in [0.25, 0.3) is 0 Å². The van der Waals surface area contributed by atoms with E-state index in [0.29, 0.717) is 11.1 Å². The molecule has 17 heavy (non-hydrogen) atoms. The number of nitriles is 1. The summed E-state index contributed by atoms with van der Waals surface area (Å²) in [4.78, 5) is 21.7. The van der Waals surface area contributed by atoms with Crippen LogP contribution in [-0.2, 0) is 0 Å². The number of aryl methyl sites for hydroxylation is 1. The minimum atomic E-state index is -0.493. The molecule has 0 bridgehead atoms. The topological polar surface area (TPSA) is 96.0 Å². The molecule has 0 fully saturated rings. The molecule has 1 amide bonds. The average molecular weight is 233 g/mol. The zero-order valence-electron chi connectivity index (χ0n) is 9.27. The Morgan fingerprint density at radius 2 is 2.29 bits per heavy atom. The van der Waals surface area contributed by atoms with E-state index in [0.717, 1.165) is 0 Å². The monoisotopic (exact) mass is 233 g/mol. The molecular weight excluding hydrogens is 222 g/mol. The van der Waals surface area contributed by atoms with Crippen LogP contribution in [0, 0.1) is 28.4 Å². The van der Waals surface area contributed by atoms with Crippen LogP contribution >= 0.6 is 0 Å². The molecule has 0 spiro atoms. The smallest absolute Gasteiger partial charge is 0.272 e. The second-order valence-corrected chi connectivity index (χ2v) is 3.42. The first kappa shape index (κ1) is 12.6. The van der Waals surface area contributed by atoms with Crippen LogP contribution in [0.15, 0.2) is 18.2 Å². The van der Waals surface area contributed by atoms with Gasteiger partial charge in [-0.1, -0.05) is 0 Å². The molecule has 0 saturated heterocycles. The van der Waals surface area contributed by atoms with Gasteiger partial charge in [0.25, 0.3) is 11.6 Å². The van der Waals surface area contributed by atoms with Gasteiger partial charge in [0.15, 0.2) is 0 Å². The number of hydrogen-bond acceptors (Lipinski definition) is 4. The maximum Gasteiger partial charge on any atom is 0.272 e. The van der Waals surface area contributed by atoms with Crippen molar-refractivity contribution >= 4 is 11.6 Å². The third kappa shape index (κ3) is 3.28. The predicted octanol–water partition coefficient (Wildman–Crippen LogP) is 1.55. The minimum Gasteiger partial charge on any atom is -0.351 e. The predicted molar refractivity (Wildman–Crippen MR) is 60.4 cm³/mol. The Morgan fingerprint density at radius 3 is 2.82 bits per heavy atom. The Balaban J connectivity index is 2.80. The molecule has 6 heteroatoms. The summed E-state index contributed by atoms with van der Waals surface area (Å²) in [7, 11) is 0. The Kier molecular flexibility index (Phi) is 4.17. The number of carbonyl (C=O) groups excluding carboxylic acids is 1. The fourth-order valence-corrected chi connectivity index (χ4v) is 1.34. The van der Waals surface area contributed by atoms with Crippen molar-refractivity contribution in [1.82, 2.24) is 5.32 Å². The molecule has 1 N–H and O–H groups in total. The van der Waals surface area contributed by atoms with Crippen molar-refractivity contribution in [2.75, 3.05) is 6.54 Å². The van der Waals surface area contributed by atoms with Crippen LogP contribution in [-0.4, -0.2) is 17.4 Å². The number of carbonyl (C=O) groups is 1. The van der Waals surface area contributed by atoms with Gasteiger partial charge >= 0.3 is 0 Å². The first-order valence-corrected chi connectivity index (χ1v) is 4.96. The average Bonchev–Trinajstić information content (AvgIpc) is 2.28. The van der Waals surface area contributed by atoms with E-state index < -0.39 is 4.92 Å². The molecular formula is C11H11N3O3. The van der Waals surface area contributed by atoms with Gasteiger partial charge in [0.05, 0.1) is 17.4 Å². The van der Waals surface area contributed by atoms with Crippen molar-refractivity contribution in [2.45, 2.75) is 13.3 Å². The fourth-order valence-electron chi connectivity index (χ4n) is 1.34. The second-order valence-electron chi connectivity index (χ2n) is 3.42. The van der Waals surface area contributed by atoms with Crippen LogP contribution in [0.1, 0.15) is 22.3 Å². The lowest BCUT2D eigenvalue weighted by Gasteiger charge is -2.04. The quantitative estimate of drug-likeness (QED) is 0.484. The summed E-state index contributed by atoms with van der Waals surface area (Å²) >= 11 is 0. The Bertz CT molecular complexity index is 491. The van der Waals surface area contributed by atoms with Gasteiger partial charge in [-0.3, -0.25) is 14.9 Å². The summed E-state index contributed by atoms with van der Waals surface area (Å²) in [6, 6.07) is 6.06. The third-order valence-electron chi connectivity index (χ3n) is 2.18. The molecule has 88 valence electrons. The molecule has 0 aliphatic carbocycles. The summed E-state index contributed by atoms with van der Waals surface area (Å²) in [5.41, 5.74) is 0.771. The van der Waals surface area contributed by atoms with E-state index in [1.54, 1.807) is 6.92 Å². The molecule has 0 aliphatic heterocycles. The van der Waals surface area contributed by atoms with Crippen molar-refractivity contribution in [1.29, 1.82) is 5.26 Å². The van der Waals surface area contributed by atoms with Gasteiger partial charge in [-0.15, -0.1) is 0 Å². The molecule has 1 aromatic carbocycles. The lowest BCUT2D eigenvalue weighted by atomic mass is 10.1. The number of rotatable bonds is 4. The number of nitro benzene ring substituents is 1. The van der Waals surface area contributed by atoms with Crippen LogP contribution in [0.4, 0.5) is 5.69 Å². The van der Waals surface area contributed by atoms with Gasteiger partial charge in [-0.2, -0.15) is 5.26 Å². The molecule has 1 aromatic rings. The van der Waals surface area contributed by atoms with Crippen LogP contribution in [0.3, 0.4) is 0 Å². The highest BCUT2D eigenvalue weighted by Crippen LogP contribution is 2.18. The lowest BCUT2D eigenvalue weighted by molar-refractivity contribution is -0.385. The zero-order valence-corrected chi connectivity index (χ0v) is 9.27. The first-order valence-electron chi connectivity index (χ1n) is 4.96. The van der Waals surface area contributed by atoms with Crippen LogP contribution in [0.2, 0.25) is 0 Å². The second kappa shape index (κ2) is 5.61.